The van der Waals surface area contributed by atoms with E-state index in [1.54, 1.807) is 11.0 Å². The summed E-state index contributed by atoms with van der Waals surface area (Å²) >= 11 is 0. The number of carbonyl (C=O) groups is 3. The number of carbonyl (C=O) groups excluding carboxylic acids is 2. The SMILES string of the molecule is COC(=O)[C@]12CCCCC=C1N(Cc1ccc3c(c1)OCO3)C(=O)[C@@H](CC(=O)O)C2. The summed E-state index contributed by atoms with van der Waals surface area (Å²) in [6.45, 7) is 0.370. The van der Waals surface area contributed by atoms with E-state index < -0.39 is 23.3 Å². The first-order valence-electron chi connectivity index (χ1n) is 10.2. The fourth-order valence-electron chi connectivity index (χ4n) is 4.80. The molecule has 1 aromatic rings. The van der Waals surface area contributed by atoms with Crippen molar-refractivity contribution in [3.63, 3.8) is 0 Å². The molecule has 160 valence electrons. The molecule has 2 heterocycles. The zero-order chi connectivity index (χ0) is 21.3. The highest BCUT2D eigenvalue weighted by atomic mass is 16.7. The molecule has 1 fully saturated rings. The van der Waals surface area contributed by atoms with Gasteiger partial charge in [-0.2, -0.15) is 0 Å². The topological polar surface area (TPSA) is 102 Å². The van der Waals surface area contributed by atoms with E-state index in [-0.39, 0.29) is 32.1 Å². The molecule has 1 amide bonds. The number of ether oxygens (including phenoxy) is 3. The van der Waals surface area contributed by atoms with Crippen LogP contribution in [0.1, 0.15) is 44.1 Å². The van der Waals surface area contributed by atoms with Gasteiger partial charge in [-0.05, 0) is 43.4 Å². The van der Waals surface area contributed by atoms with Gasteiger partial charge in [0.1, 0.15) is 5.41 Å². The molecule has 2 atom stereocenters. The number of amides is 1. The summed E-state index contributed by atoms with van der Waals surface area (Å²) in [6, 6.07) is 5.45. The molecule has 2 aliphatic heterocycles. The summed E-state index contributed by atoms with van der Waals surface area (Å²) < 4.78 is 15.9. The highest BCUT2D eigenvalue weighted by Gasteiger charge is 2.53. The molecule has 0 saturated carbocycles. The Kier molecular flexibility index (Phi) is 5.40. The lowest BCUT2D eigenvalue weighted by Gasteiger charge is -2.45. The predicted octanol–water partition coefficient (Wildman–Crippen LogP) is 2.86. The minimum atomic E-state index is -1.06. The largest absolute Gasteiger partial charge is 0.481 e. The smallest absolute Gasteiger partial charge is 0.317 e. The minimum Gasteiger partial charge on any atom is -0.481 e. The number of carboxylic acids is 1. The van der Waals surface area contributed by atoms with Crippen LogP contribution in [0, 0.1) is 11.3 Å². The van der Waals surface area contributed by atoms with Crippen molar-refractivity contribution < 1.29 is 33.7 Å². The third-order valence-electron chi connectivity index (χ3n) is 6.16. The highest BCUT2D eigenvalue weighted by molar-refractivity contribution is 5.91. The Hall–Kier alpha value is -3.03. The summed E-state index contributed by atoms with van der Waals surface area (Å²) in [5, 5.41) is 9.36. The van der Waals surface area contributed by atoms with Gasteiger partial charge in [0, 0.05) is 5.70 Å². The molecule has 1 saturated heterocycles. The number of likely N-dealkylation sites (tertiary alicyclic amines) is 1. The van der Waals surface area contributed by atoms with Gasteiger partial charge in [0.05, 0.1) is 26.0 Å². The summed E-state index contributed by atoms with van der Waals surface area (Å²) in [7, 11) is 1.34. The van der Waals surface area contributed by atoms with Gasteiger partial charge in [-0.25, -0.2) is 0 Å². The van der Waals surface area contributed by atoms with E-state index in [2.05, 4.69) is 0 Å². The van der Waals surface area contributed by atoms with Crippen molar-refractivity contribution in [2.24, 2.45) is 11.3 Å². The van der Waals surface area contributed by atoms with Crippen molar-refractivity contribution in [2.75, 3.05) is 13.9 Å². The molecule has 4 rings (SSSR count). The van der Waals surface area contributed by atoms with Crippen LogP contribution in [0.2, 0.25) is 0 Å². The summed E-state index contributed by atoms with van der Waals surface area (Å²) in [5.74, 6) is -1.28. The van der Waals surface area contributed by atoms with E-state index in [4.69, 9.17) is 14.2 Å². The number of carboxylic acid groups (broad SMARTS) is 1. The standard InChI is InChI=1S/C22H25NO7/c1-28-21(27)22-8-4-2-3-5-18(22)23(20(26)15(11-22)10-19(24)25)12-14-6-7-16-17(9-14)30-13-29-16/h5-7,9,15H,2-4,8,10-13H2,1H3,(H,24,25)/t15-,22-/m0/s1. The lowest BCUT2D eigenvalue weighted by molar-refractivity contribution is -0.161. The van der Waals surface area contributed by atoms with Gasteiger partial charge in [0.15, 0.2) is 11.5 Å². The maximum absolute atomic E-state index is 13.3. The molecule has 8 heteroatoms. The monoisotopic (exact) mass is 415 g/mol. The van der Waals surface area contributed by atoms with Crippen LogP contribution in [0.15, 0.2) is 30.0 Å². The van der Waals surface area contributed by atoms with E-state index in [0.29, 0.717) is 23.6 Å². The maximum atomic E-state index is 13.3. The van der Waals surface area contributed by atoms with Gasteiger partial charge < -0.3 is 24.2 Å². The lowest BCUT2D eigenvalue weighted by atomic mass is 9.69. The van der Waals surface area contributed by atoms with Gasteiger partial charge in [0.2, 0.25) is 12.7 Å². The summed E-state index contributed by atoms with van der Waals surface area (Å²) in [4.78, 5) is 39.3. The fourth-order valence-corrected chi connectivity index (χ4v) is 4.80. The van der Waals surface area contributed by atoms with E-state index in [0.717, 1.165) is 24.8 Å². The molecule has 0 bridgehead atoms. The van der Waals surface area contributed by atoms with Crippen LogP contribution >= 0.6 is 0 Å². The van der Waals surface area contributed by atoms with Crippen molar-refractivity contribution in [1.82, 2.24) is 4.90 Å². The molecule has 0 aromatic heterocycles. The van der Waals surface area contributed by atoms with Crippen LogP contribution < -0.4 is 9.47 Å². The predicted molar refractivity (Wildman–Crippen MR) is 104 cm³/mol. The fraction of sp³-hybridized carbons (Fsp3) is 0.500. The zero-order valence-electron chi connectivity index (χ0n) is 16.9. The number of allylic oxidation sites excluding steroid dienone is 1. The van der Waals surface area contributed by atoms with Crippen LogP contribution in [-0.4, -0.2) is 41.8 Å². The second-order valence-corrected chi connectivity index (χ2v) is 8.02. The Bertz CT molecular complexity index is 909. The molecule has 3 aliphatic rings. The maximum Gasteiger partial charge on any atom is 0.317 e. The first kappa shape index (κ1) is 20.3. The average Bonchev–Trinajstić information content (AvgIpc) is 3.08. The third-order valence-corrected chi connectivity index (χ3v) is 6.16. The van der Waals surface area contributed by atoms with Crippen LogP contribution in [0.5, 0.6) is 11.5 Å². The first-order chi connectivity index (χ1) is 14.4. The Labute approximate surface area is 174 Å². The Balaban J connectivity index is 1.74. The molecule has 1 N–H and O–H groups in total. The van der Waals surface area contributed by atoms with Gasteiger partial charge in [-0.15, -0.1) is 0 Å². The Morgan fingerprint density at radius 2 is 2.07 bits per heavy atom. The van der Waals surface area contributed by atoms with Crippen molar-refractivity contribution in [2.45, 2.75) is 45.1 Å². The van der Waals surface area contributed by atoms with Crippen LogP contribution in [-0.2, 0) is 25.7 Å². The van der Waals surface area contributed by atoms with Crippen LogP contribution in [0.25, 0.3) is 0 Å². The molecule has 8 nitrogen and oxygen atoms in total. The zero-order valence-corrected chi connectivity index (χ0v) is 16.9. The molecule has 0 spiro atoms. The van der Waals surface area contributed by atoms with Crippen molar-refractivity contribution in [1.29, 1.82) is 0 Å². The van der Waals surface area contributed by atoms with Crippen LogP contribution in [0.4, 0.5) is 0 Å². The second kappa shape index (κ2) is 8.01. The van der Waals surface area contributed by atoms with Crippen LogP contribution in [0.3, 0.4) is 0 Å². The Morgan fingerprint density at radius 1 is 1.27 bits per heavy atom. The Morgan fingerprint density at radius 3 is 2.83 bits per heavy atom. The first-order valence-corrected chi connectivity index (χ1v) is 10.2. The molecule has 30 heavy (non-hydrogen) atoms. The van der Waals surface area contributed by atoms with Gasteiger partial charge in [0.25, 0.3) is 0 Å². The number of fused-ring (bicyclic) bond motifs is 2. The van der Waals surface area contributed by atoms with E-state index in [9.17, 15) is 19.5 Å². The minimum absolute atomic E-state index is 0.152. The molecule has 0 unspecified atom stereocenters. The van der Waals surface area contributed by atoms with Gasteiger partial charge in [-0.1, -0.05) is 18.6 Å². The van der Waals surface area contributed by atoms with Crippen molar-refractivity contribution in [3.05, 3.63) is 35.5 Å². The number of piperidine rings is 1. The van der Waals surface area contributed by atoms with E-state index in [1.807, 2.05) is 18.2 Å². The van der Waals surface area contributed by atoms with Crippen molar-refractivity contribution >= 4 is 17.8 Å². The molecular weight excluding hydrogens is 390 g/mol. The second-order valence-electron chi connectivity index (χ2n) is 8.02. The van der Waals surface area contributed by atoms with E-state index >= 15 is 0 Å². The van der Waals surface area contributed by atoms with Gasteiger partial charge >= 0.3 is 11.9 Å². The molecule has 0 radical (unpaired) electrons. The number of esters is 1. The number of methoxy groups -OCH3 is 1. The lowest BCUT2D eigenvalue weighted by Crippen LogP contribution is -2.52. The molecular formula is C22H25NO7. The highest BCUT2D eigenvalue weighted by Crippen LogP contribution is 2.50. The normalized spacial score (nSPS) is 25.2. The summed E-state index contributed by atoms with van der Waals surface area (Å²) in [5.41, 5.74) is 0.443. The number of hydrogen-bond donors (Lipinski definition) is 1. The number of hydrogen-bond acceptors (Lipinski definition) is 6. The van der Waals surface area contributed by atoms with E-state index in [1.165, 1.54) is 7.11 Å². The third kappa shape index (κ3) is 3.51. The molecule has 1 aromatic carbocycles. The quantitative estimate of drug-likeness (QED) is 0.738. The number of benzene rings is 1. The number of nitrogens with zero attached hydrogens (tertiary/aromatic N) is 1. The summed E-state index contributed by atoms with van der Waals surface area (Å²) in [6.07, 6.45) is 4.79. The average molecular weight is 415 g/mol. The van der Waals surface area contributed by atoms with Crippen molar-refractivity contribution in [3.8, 4) is 11.5 Å². The van der Waals surface area contributed by atoms with Gasteiger partial charge in [-0.3, -0.25) is 14.4 Å². The molecule has 1 aliphatic carbocycles. The number of rotatable bonds is 5. The number of aliphatic carboxylic acids is 1.